The summed E-state index contributed by atoms with van der Waals surface area (Å²) in [4.78, 5) is 24.6. The van der Waals surface area contributed by atoms with Crippen LogP contribution in [0.15, 0.2) is 36.9 Å². The molecule has 1 atom stereocenters. The molecule has 1 rings (SSSR count). The summed E-state index contributed by atoms with van der Waals surface area (Å²) in [7, 11) is 1.28. The first-order chi connectivity index (χ1) is 13.2. The minimum atomic E-state index is -0.840. The maximum Gasteiger partial charge on any atom is 0.328 e. The number of esters is 1. The van der Waals surface area contributed by atoms with E-state index in [0.717, 1.165) is 12.8 Å². The topological polar surface area (TPSA) is 91.3 Å². The zero-order valence-electron chi connectivity index (χ0n) is 18.0. The van der Waals surface area contributed by atoms with Crippen LogP contribution in [0, 0.1) is 10.8 Å². The highest BCUT2D eigenvalue weighted by Crippen LogP contribution is 2.21. The molecular weight excluding hydrogens is 354 g/mol. The van der Waals surface area contributed by atoms with Gasteiger partial charge in [-0.15, -0.1) is 6.58 Å². The summed E-state index contributed by atoms with van der Waals surface area (Å²) in [5, 5.41) is 14.1. The van der Waals surface area contributed by atoms with Gasteiger partial charge in [0.1, 0.15) is 11.8 Å². The van der Waals surface area contributed by atoms with E-state index >= 15 is 0 Å². The van der Waals surface area contributed by atoms with Crippen molar-refractivity contribution in [3.8, 4) is 0 Å². The van der Waals surface area contributed by atoms with Gasteiger partial charge in [0.15, 0.2) is 0 Å². The van der Waals surface area contributed by atoms with Crippen LogP contribution in [0.5, 0.6) is 0 Å². The van der Waals surface area contributed by atoms with Crippen LogP contribution in [0.2, 0.25) is 0 Å². The van der Waals surface area contributed by atoms with Crippen molar-refractivity contribution in [1.82, 2.24) is 5.32 Å². The lowest BCUT2D eigenvalue weighted by atomic mass is 9.86. The maximum atomic E-state index is 12.6. The molecule has 0 heterocycles. The second-order valence-electron chi connectivity index (χ2n) is 7.07. The molecule has 0 fully saturated rings. The van der Waals surface area contributed by atoms with Crippen molar-refractivity contribution in [3.05, 3.63) is 42.5 Å². The van der Waals surface area contributed by atoms with Gasteiger partial charge in [0.2, 0.25) is 0 Å². The number of ether oxygens (including phenoxy) is 1. The Hall–Kier alpha value is -2.63. The molecule has 0 aliphatic carbocycles. The molecule has 0 aliphatic rings. The van der Waals surface area contributed by atoms with E-state index in [-0.39, 0.29) is 5.71 Å². The molecule has 0 aliphatic heterocycles. The number of benzene rings is 1. The van der Waals surface area contributed by atoms with E-state index in [9.17, 15) is 9.59 Å². The fourth-order valence-corrected chi connectivity index (χ4v) is 2.40. The number of hydrogen-bond donors (Lipinski definition) is 3. The third-order valence-electron chi connectivity index (χ3n) is 3.90. The predicted octanol–water partition coefficient (Wildman–Crippen LogP) is 4.16. The summed E-state index contributed by atoms with van der Waals surface area (Å²) in [6.07, 6.45) is 3.65. The number of amides is 1. The van der Waals surface area contributed by atoms with Gasteiger partial charge in [-0.2, -0.15) is 0 Å². The number of unbranched alkanes of at least 4 members (excludes halogenated alkanes) is 1. The molecule has 1 aromatic rings. The van der Waals surface area contributed by atoms with Crippen LogP contribution in [-0.2, 0) is 14.3 Å². The highest BCUT2D eigenvalue weighted by molar-refractivity contribution is 6.45. The van der Waals surface area contributed by atoms with Gasteiger partial charge in [-0.05, 0) is 24.3 Å². The van der Waals surface area contributed by atoms with E-state index in [1.807, 2.05) is 52.8 Å². The average Bonchev–Trinajstić information content (AvgIpc) is 2.69. The first-order valence-corrected chi connectivity index (χ1v) is 9.63. The molecule has 0 spiro atoms. The van der Waals surface area contributed by atoms with Crippen molar-refractivity contribution < 1.29 is 14.3 Å². The van der Waals surface area contributed by atoms with Gasteiger partial charge in [0.25, 0.3) is 5.91 Å². The van der Waals surface area contributed by atoms with Crippen molar-refractivity contribution in [2.75, 3.05) is 19.0 Å². The standard InChI is InChI=1S/C20H29N3O3.C2H6/c1-6-7-10-13-22-15-12-9-8-11-14(15)16(21)18(24)23-17(19(25)26-5)20(2,3)4;1-2/h6,8-9,11-12,17,21-22H,1,7,10,13H2,2-5H3,(H,23,24);1-2H3. The Labute approximate surface area is 169 Å². The van der Waals surface area contributed by atoms with Gasteiger partial charge in [0, 0.05) is 17.8 Å². The van der Waals surface area contributed by atoms with Crippen LogP contribution in [0.3, 0.4) is 0 Å². The number of anilines is 1. The van der Waals surface area contributed by atoms with Crippen molar-refractivity contribution >= 4 is 23.3 Å². The van der Waals surface area contributed by atoms with E-state index < -0.39 is 23.3 Å². The minimum Gasteiger partial charge on any atom is -0.467 e. The van der Waals surface area contributed by atoms with Crippen molar-refractivity contribution in [1.29, 1.82) is 5.41 Å². The molecule has 6 nitrogen and oxygen atoms in total. The highest BCUT2D eigenvalue weighted by Gasteiger charge is 2.34. The summed E-state index contributed by atoms with van der Waals surface area (Å²) >= 11 is 0. The van der Waals surface area contributed by atoms with Gasteiger partial charge in [-0.1, -0.05) is 58.9 Å². The fraction of sp³-hybridized carbons (Fsp3) is 0.500. The molecule has 1 aromatic carbocycles. The van der Waals surface area contributed by atoms with Gasteiger partial charge in [0.05, 0.1) is 7.11 Å². The number of methoxy groups -OCH3 is 1. The molecule has 0 radical (unpaired) electrons. The summed E-state index contributed by atoms with van der Waals surface area (Å²) in [5.74, 6) is -1.15. The number of hydrogen-bond acceptors (Lipinski definition) is 5. The second kappa shape index (κ2) is 12.7. The third kappa shape index (κ3) is 7.94. The second-order valence-corrected chi connectivity index (χ2v) is 7.07. The van der Waals surface area contributed by atoms with Gasteiger partial charge in [-0.25, -0.2) is 4.79 Å². The Morgan fingerprint density at radius 2 is 1.86 bits per heavy atom. The predicted molar refractivity (Wildman–Crippen MR) is 116 cm³/mol. The molecule has 1 amide bonds. The van der Waals surface area contributed by atoms with Crippen LogP contribution in [0.4, 0.5) is 5.69 Å². The normalized spacial score (nSPS) is 11.4. The van der Waals surface area contributed by atoms with Crippen molar-refractivity contribution in [2.24, 2.45) is 5.41 Å². The average molecular weight is 390 g/mol. The Balaban J connectivity index is 0.00000352. The zero-order chi connectivity index (χ0) is 21.7. The SMILES string of the molecule is C=CCCCNc1ccccc1C(=N)C(=O)NC(C(=O)OC)C(C)(C)C.CC. The summed E-state index contributed by atoms with van der Waals surface area (Å²) in [6.45, 7) is 13.9. The monoisotopic (exact) mass is 389 g/mol. The Morgan fingerprint density at radius 3 is 2.39 bits per heavy atom. The van der Waals surface area contributed by atoms with Crippen molar-refractivity contribution in [2.45, 2.75) is 53.5 Å². The minimum absolute atomic E-state index is 0.199. The Bertz CT molecular complexity index is 663. The first-order valence-electron chi connectivity index (χ1n) is 9.63. The number of allylic oxidation sites excluding steroid dienone is 1. The Morgan fingerprint density at radius 1 is 1.25 bits per heavy atom. The lowest BCUT2D eigenvalue weighted by Crippen LogP contribution is -2.51. The number of carbonyl (C=O) groups is 2. The fourth-order valence-electron chi connectivity index (χ4n) is 2.40. The van der Waals surface area contributed by atoms with E-state index in [2.05, 4.69) is 17.2 Å². The van der Waals surface area contributed by atoms with Crippen LogP contribution in [0.25, 0.3) is 0 Å². The third-order valence-corrected chi connectivity index (χ3v) is 3.90. The molecule has 0 saturated carbocycles. The smallest absolute Gasteiger partial charge is 0.328 e. The lowest BCUT2D eigenvalue weighted by Gasteiger charge is -2.29. The molecule has 28 heavy (non-hydrogen) atoms. The molecule has 0 bridgehead atoms. The molecule has 0 saturated heterocycles. The molecule has 6 heteroatoms. The van der Waals surface area contributed by atoms with Gasteiger partial charge < -0.3 is 15.4 Å². The van der Waals surface area contributed by atoms with Gasteiger partial charge >= 0.3 is 5.97 Å². The number of rotatable bonds is 9. The van der Waals surface area contributed by atoms with E-state index in [1.165, 1.54) is 7.11 Å². The van der Waals surface area contributed by atoms with E-state index in [0.29, 0.717) is 17.8 Å². The molecular formula is C22H35N3O3. The summed E-state index contributed by atoms with van der Waals surface area (Å²) in [6, 6.07) is 6.31. The highest BCUT2D eigenvalue weighted by atomic mass is 16.5. The zero-order valence-corrected chi connectivity index (χ0v) is 18.0. The number of carbonyl (C=O) groups excluding carboxylic acids is 2. The van der Waals surface area contributed by atoms with Crippen LogP contribution >= 0.6 is 0 Å². The quantitative estimate of drug-likeness (QED) is 0.256. The van der Waals surface area contributed by atoms with Crippen LogP contribution in [0.1, 0.15) is 53.0 Å². The number of nitrogens with one attached hydrogen (secondary N) is 3. The van der Waals surface area contributed by atoms with E-state index in [1.54, 1.807) is 12.1 Å². The Kier molecular flexibility index (Phi) is 11.5. The number of para-hydroxylation sites is 1. The largest absolute Gasteiger partial charge is 0.467 e. The van der Waals surface area contributed by atoms with Crippen LogP contribution < -0.4 is 10.6 Å². The van der Waals surface area contributed by atoms with E-state index in [4.69, 9.17) is 10.1 Å². The molecule has 0 aromatic heterocycles. The summed E-state index contributed by atoms with van der Waals surface area (Å²) in [5.41, 5.74) is 0.462. The first kappa shape index (κ1) is 25.4. The van der Waals surface area contributed by atoms with Crippen LogP contribution in [-0.4, -0.2) is 37.3 Å². The maximum absolute atomic E-state index is 12.6. The summed E-state index contributed by atoms with van der Waals surface area (Å²) < 4.78 is 4.78. The molecule has 1 unspecified atom stereocenters. The van der Waals surface area contributed by atoms with Crippen molar-refractivity contribution in [3.63, 3.8) is 0 Å². The lowest BCUT2D eigenvalue weighted by molar-refractivity contribution is -0.147. The van der Waals surface area contributed by atoms with Gasteiger partial charge in [-0.3, -0.25) is 10.2 Å². The molecule has 3 N–H and O–H groups in total. The molecule has 156 valence electrons.